The van der Waals surface area contributed by atoms with E-state index in [1.54, 1.807) is 6.08 Å². The average Bonchev–Trinajstić information content (AvgIpc) is 3.08. The first-order valence-corrected chi connectivity index (χ1v) is 8.49. The van der Waals surface area contributed by atoms with Crippen LogP contribution < -0.4 is 16.2 Å². The number of anilines is 1. The number of rotatable bonds is 9. The van der Waals surface area contributed by atoms with Crippen LogP contribution in [-0.2, 0) is 0 Å². The number of hydrogen-bond acceptors (Lipinski definition) is 3. The zero-order valence-electron chi connectivity index (χ0n) is 14.0. The lowest BCUT2D eigenvalue weighted by Crippen LogP contribution is -2.31. The van der Waals surface area contributed by atoms with E-state index >= 15 is 0 Å². The smallest absolute Gasteiger partial charge is 0.321 e. The number of aromatic nitrogens is 2. The molecule has 1 aromatic heterocycles. The van der Waals surface area contributed by atoms with E-state index in [1.807, 2.05) is 12.2 Å². The molecule has 1 heterocycles. The summed E-state index contributed by atoms with van der Waals surface area (Å²) in [4.78, 5) is 30.3. The predicted octanol–water partition coefficient (Wildman–Crippen LogP) is 3.36. The molecule has 128 valence electrons. The van der Waals surface area contributed by atoms with Gasteiger partial charge in [-0.25, -0.2) is 9.78 Å². The van der Waals surface area contributed by atoms with Crippen LogP contribution in [0.4, 0.5) is 10.7 Å². The molecule has 0 aromatic carbocycles. The zero-order chi connectivity index (χ0) is 17.2. The number of amides is 2. The third-order valence-electron chi connectivity index (χ3n) is 3.66. The van der Waals surface area contributed by atoms with Crippen LogP contribution in [0.3, 0.4) is 0 Å². The Morgan fingerprint density at radius 2 is 2.04 bits per heavy atom. The van der Waals surface area contributed by atoms with E-state index < -0.39 is 0 Å². The minimum atomic E-state index is -0.365. The van der Waals surface area contributed by atoms with Gasteiger partial charge < -0.3 is 5.32 Å². The quantitative estimate of drug-likeness (QED) is 0.480. The summed E-state index contributed by atoms with van der Waals surface area (Å²) in [7, 11) is 0. The molecule has 6 heteroatoms. The number of unbranched alkanes of at least 4 members (excludes halogenated alkanes) is 5. The van der Waals surface area contributed by atoms with Gasteiger partial charge in [-0.2, -0.15) is 0 Å². The molecular weight excluding hydrogens is 304 g/mol. The number of allylic oxidation sites excluding steroid dienone is 3. The topological polar surface area (TPSA) is 86.9 Å². The fraction of sp³-hybridized carbons (Fsp3) is 0.444. The molecule has 0 saturated heterocycles. The van der Waals surface area contributed by atoms with E-state index in [2.05, 4.69) is 33.3 Å². The molecule has 0 spiro atoms. The number of hydrogen-bond donors (Lipinski definition) is 3. The average molecular weight is 328 g/mol. The molecule has 2 rings (SSSR count). The van der Waals surface area contributed by atoms with Crippen molar-refractivity contribution in [2.75, 3.05) is 11.9 Å². The van der Waals surface area contributed by atoms with Gasteiger partial charge in [0.05, 0.1) is 5.69 Å². The Hall–Kier alpha value is -2.59. The highest BCUT2D eigenvalue weighted by molar-refractivity contribution is 5.87. The molecule has 0 fully saturated rings. The van der Waals surface area contributed by atoms with Crippen molar-refractivity contribution < 1.29 is 4.79 Å². The van der Waals surface area contributed by atoms with Crippen molar-refractivity contribution in [1.82, 2.24) is 15.3 Å². The van der Waals surface area contributed by atoms with E-state index in [0.717, 1.165) is 18.4 Å². The Morgan fingerprint density at radius 1 is 1.25 bits per heavy atom. The maximum Gasteiger partial charge on any atom is 0.321 e. The second-order valence-corrected chi connectivity index (χ2v) is 5.71. The van der Waals surface area contributed by atoms with Crippen LogP contribution in [-0.4, -0.2) is 22.5 Å². The Kier molecular flexibility index (Phi) is 7.05. The van der Waals surface area contributed by atoms with Gasteiger partial charge in [0.25, 0.3) is 5.56 Å². The fourth-order valence-corrected chi connectivity index (χ4v) is 2.40. The highest BCUT2D eigenvalue weighted by Gasteiger charge is 2.08. The number of carbonyl (C=O) groups is 1. The second kappa shape index (κ2) is 9.53. The van der Waals surface area contributed by atoms with Gasteiger partial charge in [-0.3, -0.25) is 15.1 Å². The van der Waals surface area contributed by atoms with Crippen molar-refractivity contribution in [1.29, 1.82) is 0 Å². The molecule has 1 aliphatic rings. The molecule has 1 aromatic rings. The van der Waals surface area contributed by atoms with Crippen molar-refractivity contribution in [3.8, 4) is 0 Å². The minimum Gasteiger partial charge on any atom is -0.338 e. The highest BCUT2D eigenvalue weighted by Crippen LogP contribution is 2.14. The molecule has 0 bridgehead atoms. The normalized spacial score (nSPS) is 12.3. The van der Waals surface area contributed by atoms with Crippen LogP contribution in [0.5, 0.6) is 0 Å². The largest absolute Gasteiger partial charge is 0.338 e. The predicted molar refractivity (Wildman–Crippen MR) is 95.9 cm³/mol. The number of urea groups is 1. The Labute approximate surface area is 141 Å². The van der Waals surface area contributed by atoms with Gasteiger partial charge in [0.1, 0.15) is 0 Å². The van der Waals surface area contributed by atoms with Gasteiger partial charge in [-0.1, -0.05) is 45.1 Å². The molecule has 0 aliphatic heterocycles. The first-order chi connectivity index (χ1) is 11.7. The molecule has 1 aliphatic carbocycles. The molecule has 0 saturated carbocycles. The molecule has 6 nitrogen and oxygen atoms in total. The Morgan fingerprint density at radius 3 is 2.79 bits per heavy atom. The van der Waals surface area contributed by atoms with Gasteiger partial charge in [-0.05, 0) is 18.6 Å². The van der Waals surface area contributed by atoms with Crippen LogP contribution in [0.25, 0.3) is 5.57 Å². The lowest BCUT2D eigenvalue weighted by molar-refractivity contribution is 0.251. The van der Waals surface area contributed by atoms with Gasteiger partial charge in [0.15, 0.2) is 0 Å². The van der Waals surface area contributed by atoms with Gasteiger partial charge in [-0.15, -0.1) is 5.73 Å². The summed E-state index contributed by atoms with van der Waals surface area (Å²) >= 11 is 0. The lowest BCUT2D eigenvalue weighted by Gasteiger charge is -2.08. The number of carbonyl (C=O) groups excluding carboxylic acids is 1. The number of aromatic amines is 1. The molecule has 3 N–H and O–H groups in total. The van der Waals surface area contributed by atoms with Gasteiger partial charge >= 0.3 is 6.03 Å². The summed E-state index contributed by atoms with van der Waals surface area (Å²) in [5, 5.41) is 5.34. The summed E-state index contributed by atoms with van der Waals surface area (Å²) in [6, 6.07) is 1.01. The monoisotopic (exact) mass is 328 g/mol. The first-order valence-electron chi connectivity index (χ1n) is 8.49. The highest BCUT2D eigenvalue weighted by atomic mass is 16.2. The van der Waals surface area contributed by atoms with Gasteiger partial charge in [0.2, 0.25) is 5.95 Å². The molecule has 0 unspecified atom stereocenters. The number of nitrogens with zero attached hydrogens (tertiary/aromatic N) is 1. The molecule has 0 radical (unpaired) electrons. The first kappa shape index (κ1) is 17.8. The van der Waals surface area contributed by atoms with Crippen molar-refractivity contribution in [2.45, 2.75) is 45.4 Å². The molecule has 0 atom stereocenters. The maximum atomic E-state index is 11.9. The van der Waals surface area contributed by atoms with Crippen LogP contribution in [0.1, 0.15) is 51.1 Å². The van der Waals surface area contributed by atoms with Gasteiger partial charge in [0, 0.05) is 18.2 Å². The second-order valence-electron chi connectivity index (χ2n) is 5.71. The Balaban J connectivity index is 1.78. The zero-order valence-corrected chi connectivity index (χ0v) is 14.0. The maximum absolute atomic E-state index is 11.9. The third-order valence-corrected chi connectivity index (χ3v) is 3.66. The fourth-order valence-electron chi connectivity index (χ4n) is 2.40. The van der Waals surface area contributed by atoms with Crippen molar-refractivity contribution in [3.63, 3.8) is 0 Å². The van der Waals surface area contributed by atoms with Crippen molar-refractivity contribution in [3.05, 3.63) is 46.1 Å². The molecular formula is C18H24N4O2. The van der Waals surface area contributed by atoms with Crippen LogP contribution in [0.15, 0.2) is 34.8 Å². The van der Waals surface area contributed by atoms with E-state index in [-0.39, 0.29) is 17.5 Å². The molecule has 2 amide bonds. The summed E-state index contributed by atoms with van der Waals surface area (Å²) in [5.74, 6) is 0.132. The minimum absolute atomic E-state index is 0.132. The summed E-state index contributed by atoms with van der Waals surface area (Å²) < 4.78 is 0. The number of nitrogens with one attached hydrogen (secondary N) is 3. The summed E-state index contributed by atoms with van der Waals surface area (Å²) in [5.41, 5.74) is 3.86. The van der Waals surface area contributed by atoms with E-state index in [4.69, 9.17) is 0 Å². The third kappa shape index (κ3) is 5.89. The SMILES string of the molecule is CCCCCCCCNC(=O)Nc1nc(C2=C=CC=C2)cc(=O)[nH]1. The lowest BCUT2D eigenvalue weighted by atomic mass is 10.1. The van der Waals surface area contributed by atoms with Crippen molar-refractivity contribution >= 4 is 17.6 Å². The van der Waals surface area contributed by atoms with Crippen LogP contribution >= 0.6 is 0 Å². The summed E-state index contributed by atoms with van der Waals surface area (Å²) in [6.45, 7) is 2.80. The van der Waals surface area contributed by atoms with E-state index in [1.165, 1.54) is 31.7 Å². The van der Waals surface area contributed by atoms with Crippen molar-refractivity contribution in [2.24, 2.45) is 0 Å². The van der Waals surface area contributed by atoms with E-state index in [9.17, 15) is 9.59 Å². The standard InChI is InChI=1S/C18H24N4O2/c1-2-3-4-5-6-9-12-19-18(24)22-17-20-15(13-16(23)21-17)14-10-7-8-11-14/h7-8,10,13H,2-6,9,12H2,1H3,(H3,19,20,21,22,23,24). The number of H-pyrrole nitrogens is 1. The van der Waals surface area contributed by atoms with Crippen LogP contribution in [0.2, 0.25) is 0 Å². The summed E-state index contributed by atoms with van der Waals surface area (Å²) in [6.07, 6.45) is 12.4. The molecule has 24 heavy (non-hydrogen) atoms. The Bertz CT molecular complexity index is 712. The van der Waals surface area contributed by atoms with E-state index in [0.29, 0.717) is 12.2 Å². The van der Waals surface area contributed by atoms with Crippen LogP contribution in [0, 0.1) is 0 Å².